The maximum Gasteiger partial charge on any atom is 0.253 e. The number of carbonyl (C=O) groups is 2. The molecule has 0 bridgehead atoms. The summed E-state index contributed by atoms with van der Waals surface area (Å²) in [7, 11) is 3.41. The Morgan fingerprint density at radius 3 is 2.21 bits per heavy atom. The van der Waals surface area contributed by atoms with E-state index in [0.717, 1.165) is 15.5 Å². The van der Waals surface area contributed by atoms with Gasteiger partial charge in [0, 0.05) is 40.8 Å². The number of amides is 2. The van der Waals surface area contributed by atoms with E-state index in [2.05, 4.69) is 22.8 Å². The second-order valence-electron chi connectivity index (χ2n) is 6.59. The summed E-state index contributed by atoms with van der Waals surface area (Å²) in [6.45, 7) is 0.144. The van der Waals surface area contributed by atoms with Crippen LogP contribution in [0.2, 0.25) is 0 Å². The number of rotatable bonds is 7. The van der Waals surface area contributed by atoms with Gasteiger partial charge in [-0.3, -0.25) is 9.59 Å². The lowest BCUT2D eigenvalue weighted by Crippen LogP contribution is -2.23. The zero-order valence-corrected chi connectivity index (χ0v) is 17.2. The molecule has 2 N–H and O–H groups in total. The topological polar surface area (TPSA) is 61.4 Å². The van der Waals surface area contributed by atoms with E-state index >= 15 is 0 Å². The third kappa shape index (κ3) is 5.86. The van der Waals surface area contributed by atoms with Crippen LogP contribution in [0, 0.1) is 0 Å². The van der Waals surface area contributed by atoms with E-state index in [1.165, 1.54) is 4.90 Å². The van der Waals surface area contributed by atoms with E-state index in [4.69, 9.17) is 0 Å². The zero-order chi connectivity index (χ0) is 20.6. The third-order valence-corrected chi connectivity index (χ3v) is 5.20. The predicted octanol–water partition coefficient (Wildman–Crippen LogP) is 4.59. The van der Waals surface area contributed by atoms with Crippen LogP contribution in [0.25, 0.3) is 0 Å². The van der Waals surface area contributed by atoms with Crippen molar-refractivity contribution in [2.75, 3.05) is 31.3 Å². The van der Waals surface area contributed by atoms with E-state index in [9.17, 15) is 9.59 Å². The first kappa shape index (κ1) is 20.5. The average Bonchev–Trinajstić information content (AvgIpc) is 2.74. The Balaban J connectivity index is 1.58. The van der Waals surface area contributed by atoms with Crippen LogP contribution in [0.3, 0.4) is 0 Å². The Labute approximate surface area is 175 Å². The van der Waals surface area contributed by atoms with Crippen LogP contribution in [-0.2, 0) is 4.79 Å². The molecule has 0 fully saturated rings. The number of para-hydroxylation sites is 1. The molecule has 5 nitrogen and oxygen atoms in total. The molecular weight excluding hydrogens is 382 g/mol. The number of nitrogens with zero attached hydrogens (tertiary/aromatic N) is 1. The summed E-state index contributed by atoms with van der Waals surface area (Å²) in [6, 6.07) is 24.9. The highest BCUT2D eigenvalue weighted by atomic mass is 32.2. The van der Waals surface area contributed by atoms with Gasteiger partial charge in [0.1, 0.15) is 0 Å². The second kappa shape index (κ2) is 9.80. The molecule has 3 rings (SSSR count). The van der Waals surface area contributed by atoms with Gasteiger partial charge in [-0.15, -0.1) is 0 Å². The van der Waals surface area contributed by atoms with Gasteiger partial charge in [0.15, 0.2) is 0 Å². The molecule has 0 aliphatic carbocycles. The fraction of sp³-hybridized carbons (Fsp3) is 0.130. The molecule has 0 heterocycles. The number of carbonyl (C=O) groups excluding carboxylic acids is 2. The Hall–Kier alpha value is -3.25. The molecule has 3 aromatic carbocycles. The minimum atomic E-state index is -0.156. The number of hydrogen-bond acceptors (Lipinski definition) is 4. The highest BCUT2D eigenvalue weighted by Crippen LogP contribution is 2.33. The molecule has 0 aromatic heterocycles. The normalized spacial score (nSPS) is 10.3. The first-order chi connectivity index (χ1) is 14.0. The summed E-state index contributed by atoms with van der Waals surface area (Å²) < 4.78 is 0. The smallest absolute Gasteiger partial charge is 0.253 e. The van der Waals surface area contributed by atoms with Crippen molar-refractivity contribution in [2.24, 2.45) is 0 Å². The van der Waals surface area contributed by atoms with Crippen molar-refractivity contribution in [1.29, 1.82) is 0 Å². The molecule has 3 aromatic rings. The van der Waals surface area contributed by atoms with Gasteiger partial charge in [-0.1, -0.05) is 42.1 Å². The minimum absolute atomic E-state index is 0.0722. The molecule has 0 aliphatic rings. The highest BCUT2D eigenvalue weighted by Gasteiger charge is 2.09. The van der Waals surface area contributed by atoms with Gasteiger partial charge < -0.3 is 15.5 Å². The number of benzene rings is 3. The van der Waals surface area contributed by atoms with Crippen molar-refractivity contribution in [3.63, 3.8) is 0 Å². The Kier molecular flexibility index (Phi) is 6.92. The fourth-order valence-electron chi connectivity index (χ4n) is 2.65. The Morgan fingerprint density at radius 1 is 0.862 bits per heavy atom. The van der Waals surface area contributed by atoms with Gasteiger partial charge in [0.2, 0.25) is 5.91 Å². The molecule has 0 aliphatic heterocycles. The van der Waals surface area contributed by atoms with Crippen LogP contribution in [0.15, 0.2) is 88.7 Å². The van der Waals surface area contributed by atoms with E-state index in [1.54, 1.807) is 50.1 Å². The molecular formula is C23H23N3O2S. The monoisotopic (exact) mass is 405 g/mol. The standard InChI is InChI=1S/C23H23N3O2S/c1-26(2)23(28)17-12-14-18(15-13-17)25-22(27)16-24-20-10-6-7-11-21(20)29-19-8-4-3-5-9-19/h3-15,24H,16H2,1-2H3,(H,25,27). The van der Waals surface area contributed by atoms with Crippen molar-refractivity contribution >= 4 is 35.0 Å². The van der Waals surface area contributed by atoms with Crippen LogP contribution in [0.4, 0.5) is 11.4 Å². The maximum absolute atomic E-state index is 12.3. The van der Waals surface area contributed by atoms with Crippen LogP contribution in [-0.4, -0.2) is 37.4 Å². The number of hydrogen-bond donors (Lipinski definition) is 2. The summed E-state index contributed by atoms with van der Waals surface area (Å²) in [5.41, 5.74) is 2.14. The first-order valence-corrected chi connectivity index (χ1v) is 10.0. The van der Waals surface area contributed by atoms with Crippen LogP contribution < -0.4 is 10.6 Å². The van der Waals surface area contributed by atoms with E-state index < -0.39 is 0 Å². The molecule has 0 saturated heterocycles. The fourth-order valence-corrected chi connectivity index (χ4v) is 3.60. The maximum atomic E-state index is 12.3. The Bertz CT molecular complexity index is 973. The van der Waals surface area contributed by atoms with Gasteiger partial charge in [-0.2, -0.15) is 0 Å². The molecule has 0 radical (unpaired) electrons. The predicted molar refractivity (Wildman–Crippen MR) is 119 cm³/mol. The van der Waals surface area contributed by atoms with Crippen molar-refractivity contribution in [3.8, 4) is 0 Å². The van der Waals surface area contributed by atoms with Gasteiger partial charge in [0.05, 0.1) is 6.54 Å². The van der Waals surface area contributed by atoms with Gasteiger partial charge in [-0.05, 0) is 48.5 Å². The van der Waals surface area contributed by atoms with Crippen molar-refractivity contribution < 1.29 is 9.59 Å². The highest BCUT2D eigenvalue weighted by molar-refractivity contribution is 7.99. The SMILES string of the molecule is CN(C)C(=O)c1ccc(NC(=O)CNc2ccccc2Sc2ccccc2)cc1. The Morgan fingerprint density at radius 2 is 1.52 bits per heavy atom. The van der Waals surface area contributed by atoms with Gasteiger partial charge >= 0.3 is 0 Å². The summed E-state index contributed by atoms with van der Waals surface area (Å²) in [5.74, 6) is -0.228. The first-order valence-electron chi connectivity index (χ1n) is 9.20. The quantitative estimate of drug-likeness (QED) is 0.604. The van der Waals surface area contributed by atoms with Crippen LogP contribution >= 0.6 is 11.8 Å². The zero-order valence-electron chi connectivity index (χ0n) is 16.4. The lowest BCUT2D eigenvalue weighted by atomic mass is 10.2. The van der Waals surface area contributed by atoms with Crippen molar-refractivity contribution in [1.82, 2.24) is 4.90 Å². The molecule has 0 saturated carbocycles. The van der Waals surface area contributed by atoms with E-state index in [0.29, 0.717) is 11.3 Å². The van der Waals surface area contributed by atoms with Crippen molar-refractivity contribution in [3.05, 3.63) is 84.4 Å². The number of nitrogens with one attached hydrogen (secondary N) is 2. The molecule has 148 valence electrons. The molecule has 0 spiro atoms. The molecule has 2 amide bonds. The molecule has 0 unspecified atom stereocenters. The van der Waals surface area contributed by atoms with Crippen LogP contribution in [0.1, 0.15) is 10.4 Å². The lowest BCUT2D eigenvalue weighted by Gasteiger charge is -2.13. The summed E-state index contributed by atoms with van der Waals surface area (Å²) >= 11 is 1.65. The summed E-state index contributed by atoms with van der Waals surface area (Å²) in [5, 5.41) is 6.05. The third-order valence-electron chi connectivity index (χ3n) is 4.12. The second-order valence-corrected chi connectivity index (χ2v) is 7.71. The molecule has 29 heavy (non-hydrogen) atoms. The molecule has 0 atom stereocenters. The lowest BCUT2D eigenvalue weighted by molar-refractivity contribution is -0.114. The van der Waals surface area contributed by atoms with E-state index in [1.807, 2.05) is 42.5 Å². The van der Waals surface area contributed by atoms with E-state index in [-0.39, 0.29) is 18.4 Å². The van der Waals surface area contributed by atoms with Gasteiger partial charge in [-0.25, -0.2) is 0 Å². The largest absolute Gasteiger partial charge is 0.375 e. The summed E-state index contributed by atoms with van der Waals surface area (Å²) in [4.78, 5) is 28.0. The van der Waals surface area contributed by atoms with Crippen LogP contribution in [0.5, 0.6) is 0 Å². The number of anilines is 2. The van der Waals surface area contributed by atoms with Gasteiger partial charge in [0.25, 0.3) is 5.91 Å². The molecule has 6 heteroatoms. The average molecular weight is 406 g/mol. The minimum Gasteiger partial charge on any atom is -0.375 e. The van der Waals surface area contributed by atoms with Crippen molar-refractivity contribution in [2.45, 2.75) is 9.79 Å². The summed E-state index contributed by atoms with van der Waals surface area (Å²) in [6.07, 6.45) is 0.